The number of ether oxygens (including phenoxy) is 1. The summed E-state index contributed by atoms with van der Waals surface area (Å²) in [6, 6.07) is 4.52. The van der Waals surface area contributed by atoms with Crippen molar-refractivity contribution in [1.82, 2.24) is 4.31 Å². The highest BCUT2D eigenvalue weighted by Gasteiger charge is 2.43. The molecule has 0 radical (unpaired) electrons. The average molecular weight is 315 g/mol. The summed E-state index contributed by atoms with van der Waals surface area (Å²) < 4.78 is 31.0. The van der Waals surface area contributed by atoms with Crippen molar-refractivity contribution in [1.29, 1.82) is 0 Å². The van der Waals surface area contributed by atoms with Gasteiger partial charge in [-0.25, -0.2) is 8.42 Å². The molecule has 2 rings (SSSR count). The van der Waals surface area contributed by atoms with Gasteiger partial charge in [-0.3, -0.25) is 4.79 Å². The highest BCUT2D eigenvalue weighted by Crippen LogP contribution is 2.27. The number of hydrogen-bond acceptors (Lipinski definition) is 5. The minimum atomic E-state index is -3.96. The van der Waals surface area contributed by atoms with Gasteiger partial charge in [0, 0.05) is 13.0 Å². The van der Waals surface area contributed by atoms with Gasteiger partial charge in [-0.15, -0.1) is 0 Å². The van der Waals surface area contributed by atoms with Gasteiger partial charge >= 0.3 is 5.97 Å². The molecule has 1 aromatic carbocycles. The Kier molecular flexibility index (Phi) is 4.50. The maximum absolute atomic E-state index is 12.5. The van der Waals surface area contributed by atoms with Crippen LogP contribution in [0.25, 0.3) is 0 Å². The standard InChI is InChI=1S/C13H17NO6S/c1-2-20-10-3-5-11(6-4-10)21(18,19)14-8-9(15)7-12(14)13(16)17/h3-6,9,12,15H,2,7-8H2,1H3,(H,16,17)/t9?,12-/m0/s1. The molecule has 7 nitrogen and oxygen atoms in total. The Balaban J connectivity index is 2.30. The second kappa shape index (κ2) is 6.00. The zero-order valence-corrected chi connectivity index (χ0v) is 12.3. The van der Waals surface area contributed by atoms with Gasteiger partial charge in [-0.05, 0) is 31.2 Å². The first-order valence-corrected chi connectivity index (χ1v) is 7.96. The number of carbonyl (C=O) groups is 1. The van der Waals surface area contributed by atoms with Gasteiger partial charge < -0.3 is 14.9 Å². The van der Waals surface area contributed by atoms with Crippen LogP contribution in [0, 0.1) is 0 Å². The molecular weight excluding hydrogens is 298 g/mol. The second-order valence-electron chi connectivity index (χ2n) is 4.72. The van der Waals surface area contributed by atoms with Crippen molar-refractivity contribution >= 4 is 16.0 Å². The van der Waals surface area contributed by atoms with Gasteiger partial charge in [0.15, 0.2) is 0 Å². The topological polar surface area (TPSA) is 104 Å². The maximum atomic E-state index is 12.5. The Morgan fingerprint density at radius 1 is 1.38 bits per heavy atom. The average Bonchev–Trinajstić information content (AvgIpc) is 2.83. The van der Waals surface area contributed by atoms with Crippen LogP contribution in [0.3, 0.4) is 0 Å². The Hall–Kier alpha value is -1.64. The largest absolute Gasteiger partial charge is 0.494 e. The smallest absolute Gasteiger partial charge is 0.322 e. The van der Waals surface area contributed by atoms with Crippen LogP contribution in [0.1, 0.15) is 13.3 Å². The lowest BCUT2D eigenvalue weighted by molar-refractivity contribution is -0.140. The highest BCUT2D eigenvalue weighted by atomic mass is 32.2. The molecular formula is C13H17NO6S. The minimum Gasteiger partial charge on any atom is -0.494 e. The van der Waals surface area contributed by atoms with Crippen molar-refractivity contribution < 1.29 is 28.2 Å². The summed E-state index contributed by atoms with van der Waals surface area (Å²) in [5, 5.41) is 18.6. The van der Waals surface area contributed by atoms with Crippen molar-refractivity contribution in [2.45, 2.75) is 30.4 Å². The van der Waals surface area contributed by atoms with Gasteiger partial charge in [-0.1, -0.05) is 0 Å². The quantitative estimate of drug-likeness (QED) is 0.809. The first-order valence-electron chi connectivity index (χ1n) is 6.52. The van der Waals surface area contributed by atoms with Crippen LogP contribution in [0.5, 0.6) is 5.75 Å². The van der Waals surface area contributed by atoms with E-state index in [1.807, 2.05) is 6.92 Å². The monoisotopic (exact) mass is 315 g/mol. The predicted octanol–water partition coefficient (Wildman–Crippen LogP) is 0.294. The fourth-order valence-electron chi connectivity index (χ4n) is 2.28. The molecule has 1 saturated heterocycles. The molecule has 1 aliphatic rings. The normalized spacial score (nSPS) is 23.1. The van der Waals surface area contributed by atoms with Crippen molar-refractivity contribution in [3.63, 3.8) is 0 Å². The number of carboxylic acid groups (broad SMARTS) is 1. The molecule has 1 aromatic rings. The molecule has 0 spiro atoms. The molecule has 1 unspecified atom stereocenters. The van der Waals surface area contributed by atoms with Crippen LogP contribution < -0.4 is 4.74 Å². The molecule has 1 aliphatic heterocycles. The van der Waals surface area contributed by atoms with Gasteiger partial charge in [0.25, 0.3) is 0 Å². The summed E-state index contributed by atoms with van der Waals surface area (Å²) in [5.41, 5.74) is 0. The molecule has 2 atom stereocenters. The molecule has 116 valence electrons. The Labute approximate surface area is 122 Å². The van der Waals surface area contributed by atoms with E-state index in [2.05, 4.69) is 0 Å². The lowest BCUT2D eigenvalue weighted by Crippen LogP contribution is -2.40. The van der Waals surface area contributed by atoms with E-state index in [-0.39, 0.29) is 17.9 Å². The molecule has 0 saturated carbocycles. The lowest BCUT2D eigenvalue weighted by Gasteiger charge is -2.20. The SMILES string of the molecule is CCOc1ccc(S(=O)(=O)N2CC(O)C[C@H]2C(=O)O)cc1. The van der Waals surface area contributed by atoms with Crippen molar-refractivity contribution in [3.8, 4) is 5.75 Å². The Bertz CT molecular complexity index is 612. The van der Waals surface area contributed by atoms with E-state index in [4.69, 9.17) is 9.84 Å². The fraction of sp³-hybridized carbons (Fsp3) is 0.462. The van der Waals surface area contributed by atoms with Gasteiger partial charge in [0.05, 0.1) is 17.6 Å². The van der Waals surface area contributed by atoms with Crippen molar-refractivity contribution in [2.75, 3.05) is 13.2 Å². The molecule has 1 heterocycles. The number of rotatable bonds is 5. The number of hydrogen-bond donors (Lipinski definition) is 2. The van der Waals surface area contributed by atoms with E-state index in [0.717, 1.165) is 4.31 Å². The van der Waals surface area contributed by atoms with Crippen LogP contribution in [-0.2, 0) is 14.8 Å². The van der Waals surface area contributed by atoms with Crippen LogP contribution in [0.15, 0.2) is 29.2 Å². The first-order chi connectivity index (χ1) is 9.86. The summed E-state index contributed by atoms with van der Waals surface area (Å²) in [6.45, 7) is 2.06. The number of carboxylic acids is 1. The van der Waals surface area contributed by atoms with Gasteiger partial charge in [0.1, 0.15) is 11.8 Å². The molecule has 8 heteroatoms. The molecule has 2 N–H and O–H groups in total. The number of benzene rings is 1. The number of sulfonamides is 1. The summed E-state index contributed by atoms with van der Waals surface area (Å²) in [4.78, 5) is 11.1. The zero-order valence-electron chi connectivity index (χ0n) is 11.5. The number of β-amino-alcohol motifs (C(OH)–C–C–N with tert-alkyl or cyclic N) is 1. The Morgan fingerprint density at radius 2 is 2.00 bits per heavy atom. The molecule has 0 aromatic heterocycles. The number of aliphatic carboxylic acids is 1. The van der Waals surface area contributed by atoms with Gasteiger partial charge in [-0.2, -0.15) is 4.31 Å². The molecule has 1 fully saturated rings. The lowest BCUT2D eigenvalue weighted by atomic mass is 10.2. The summed E-state index contributed by atoms with van der Waals surface area (Å²) >= 11 is 0. The van der Waals surface area contributed by atoms with Crippen LogP contribution >= 0.6 is 0 Å². The molecule has 0 aliphatic carbocycles. The van der Waals surface area contributed by atoms with Gasteiger partial charge in [0.2, 0.25) is 10.0 Å². The summed E-state index contributed by atoms with van der Waals surface area (Å²) in [7, 11) is -3.96. The van der Waals surface area contributed by atoms with E-state index in [1.54, 1.807) is 0 Å². The third kappa shape index (κ3) is 3.17. The van der Waals surface area contributed by atoms with E-state index < -0.39 is 28.1 Å². The summed E-state index contributed by atoms with van der Waals surface area (Å²) in [6.07, 6.45) is -1.07. The number of aliphatic hydroxyl groups is 1. The van der Waals surface area contributed by atoms with Crippen molar-refractivity contribution in [3.05, 3.63) is 24.3 Å². The van der Waals surface area contributed by atoms with E-state index >= 15 is 0 Å². The zero-order chi connectivity index (χ0) is 15.6. The number of aliphatic hydroxyl groups excluding tert-OH is 1. The highest BCUT2D eigenvalue weighted by molar-refractivity contribution is 7.89. The summed E-state index contributed by atoms with van der Waals surface area (Å²) in [5.74, 6) is -0.728. The molecule has 21 heavy (non-hydrogen) atoms. The third-order valence-electron chi connectivity index (χ3n) is 3.26. The van der Waals surface area contributed by atoms with Crippen LogP contribution in [0.2, 0.25) is 0 Å². The van der Waals surface area contributed by atoms with E-state index in [1.165, 1.54) is 24.3 Å². The van der Waals surface area contributed by atoms with E-state index in [9.17, 15) is 18.3 Å². The number of nitrogens with zero attached hydrogens (tertiary/aromatic N) is 1. The van der Waals surface area contributed by atoms with E-state index in [0.29, 0.717) is 12.4 Å². The second-order valence-corrected chi connectivity index (χ2v) is 6.61. The van der Waals surface area contributed by atoms with Crippen LogP contribution in [-0.4, -0.2) is 54.2 Å². The predicted molar refractivity (Wildman–Crippen MR) is 73.6 cm³/mol. The Morgan fingerprint density at radius 3 is 2.52 bits per heavy atom. The third-order valence-corrected chi connectivity index (χ3v) is 5.15. The van der Waals surface area contributed by atoms with Crippen molar-refractivity contribution in [2.24, 2.45) is 0 Å². The first kappa shape index (κ1) is 15.7. The fourth-order valence-corrected chi connectivity index (χ4v) is 3.91. The maximum Gasteiger partial charge on any atom is 0.322 e. The molecule has 0 bridgehead atoms. The van der Waals surface area contributed by atoms with Crippen LogP contribution in [0.4, 0.5) is 0 Å². The minimum absolute atomic E-state index is 0.0219. The molecule has 0 amide bonds.